The molecule has 0 heterocycles. The van der Waals surface area contributed by atoms with Crippen LogP contribution in [0.4, 0.5) is 0 Å². The third kappa shape index (κ3) is 54.5. The molecule has 0 bridgehead atoms. The van der Waals surface area contributed by atoms with E-state index in [2.05, 4.69) is 41.5 Å². The highest BCUT2D eigenvalue weighted by Crippen LogP contribution is 2.18. The molecule has 0 aliphatic carbocycles. The molecule has 1 atom stereocenters. The Bertz CT molecular complexity index is 530. The summed E-state index contributed by atoms with van der Waals surface area (Å²) in [7, 11) is 0. The van der Waals surface area contributed by atoms with Gasteiger partial charge in [0.25, 0.3) is 0 Å². The fourth-order valence-electron chi connectivity index (χ4n) is 6.07. The van der Waals surface area contributed by atoms with Gasteiger partial charge >= 0.3 is 0 Å². The standard InChI is InChI=1S/C20H43NO4.C20H42O.C4H10/c1-3-5-7-9-11-13-15-17-20(25-24-19-21(22)23)18-16-14-12-10-8-6-4-2;1-3-5-7-9-11-13-15-17-19-20(21)18-16-14-12-10-8-6-4-2;1-3-4-2/h20,22-23H,3-19H2,1-2H3;20-21H,3-19H2,1-2H3;3-4H2,1-2H3. The summed E-state index contributed by atoms with van der Waals surface area (Å²) in [5.74, 6) is 0. The maximum Gasteiger partial charge on any atom is 0.184 e. The number of aliphatic hydroxyl groups excluding tert-OH is 1. The quantitative estimate of drug-likeness (QED) is 0.0255. The molecule has 0 aromatic heterocycles. The van der Waals surface area contributed by atoms with Crippen LogP contribution in [-0.2, 0) is 9.78 Å². The lowest BCUT2D eigenvalue weighted by atomic mass is 10.0. The third-order valence-corrected chi connectivity index (χ3v) is 9.66. The van der Waals surface area contributed by atoms with Crippen molar-refractivity contribution in [3.05, 3.63) is 0 Å². The van der Waals surface area contributed by atoms with Gasteiger partial charge in [-0.05, 0) is 30.9 Å². The Kier molecular flexibility index (Phi) is 55.0. The number of hydroxylamine groups is 2. The minimum absolute atomic E-state index is 0.00147. The first-order valence-electron chi connectivity index (χ1n) is 22.5. The van der Waals surface area contributed by atoms with E-state index in [1.165, 1.54) is 186 Å². The third-order valence-electron chi connectivity index (χ3n) is 9.66. The Hall–Kier alpha value is -0.240. The molecular weight excluding hydrogens is 622 g/mol. The van der Waals surface area contributed by atoms with Gasteiger partial charge < -0.3 is 5.11 Å². The van der Waals surface area contributed by atoms with Crippen molar-refractivity contribution in [2.45, 2.75) is 278 Å². The van der Waals surface area contributed by atoms with Crippen molar-refractivity contribution in [2.24, 2.45) is 0 Å². The lowest BCUT2D eigenvalue weighted by molar-refractivity contribution is -0.426. The highest BCUT2D eigenvalue weighted by atomic mass is 17.2. The van der Waals surface area contributed by atoms with Crippen LogP contribution in [0.3, 0.4) is 0 Å². The number of hydrogen-bond donors (Lipinski definition) is 3. The average Bonchev–Trinajstić information content (AvgIpc) is 3.11. The Balaban J connectivity index is -0.000000806. The summed E-state index contributed by atoms with van der Waals surface area (Å²) in [5.41, 5.74) is 0. The first kappa shape index (κ1) is 54.1. The Morgan fingerprint density at radius 1 is 0.360 bits per heavy atom. The van der Waals surface area contributed by atoms with Crippen molar-refractivity contribution in [3.8, 4) is 0 Å². The molecule has 0 spiro atoms. The number of nitrogens with zero attached hydrogens (tertiary/aromatic N) is 1. The highest BCUT2D eigenvalue weighted by Gasteiger charge is 2.11. The molecule has 306 valence electrons. The summed E-state index contributed by atoms with van der Waals surface area (Å²) in [6.45, 7) is 13.0. The van der Waals surface area contributed by atoms with E-state index in [1.807, 2.05) is 0 Å². The number of hydrogen-bond acceptors (Lipinski definition) is 6. The lowest BCUT2D eigenvalue weighted by Crippen LogP contribution is -2.21. The van der Waals surface area contributed by atoms with Crippen LogP contribution in [0.25, 0.3) is 0 Å². The fraction of sp³-hybridized carbons (Fsp3) is 1.00. The number of aliphatic hydroxyl groups is 1. The summed E-state index contributed by atoms with van der Waals surface area (Å²) in [5, 5.41) is 27.3. The molecule has 0 aromatic carbocycles. The van der Waals surface area contributed by atoms with Crippen LogP contribution in [0, 0.1) is 0 Å². The molecule has 0 saturated carbocycles. The predicted molar refractivity (Wildman–Crippen MR) is 218 cm³/mol. The molecule has 0 radical (unpaired) electrons. The Labute approximate surface area is 315 Å². The second kappa shape index (κ2) is 50.9. The first-order valence-corrected chi connectivity index (χ1v) is 22.5. The SMILES string of the molecule is CCCC.CCCCCCCCCC(CCCCCCCCC)OOCN(O)O.CCCCCCCCCCC(O)CCCCCCCCC. The molecule has 3 N–H and O–H groups in total. The highest BCUT2D eigenvalue weighted by molar-refractivity contribution is 4.60. The van der Waals surface area contributed by atoms with Crippen LogP contribution in [-0.4, -0.2) is 39.7 Å². The second-order valence-electron chi connectivity index (χ2n) is 15.0. The van der Waals surface area contributed by atoms with Gasteiger partial charge in [-0.3, -0.25) is 10.4 Å². The van der Waals surface area contributed by atoms with Crippen LogP contribution >= 0.6 is 0 Å². The van der Waals surface area contributed by atoms with E-state index in [1.54, 1.807) is 0 Å². The van der Waals surface area contributed by atoms with Crippen molar-refractivity contribution in [1.82, 2.24) is 5.23 Å². The number of rotatable bonds is 38. The van der Waals surface area contributed by atoms with Crippen molar-refractivity contribution in [3.63, 3.8) is 0 Å². The minimum atomic E-state index is -0.343. The van der Waals surface area contributed by atoms with Crippen molar-refractivity contribution in [1.29, 1.82) is 0 Å². The average molecular weight is 718 g/mol. The van der Waals surface area contributed by atoms with Gasteiger partial charge in [0.2, 0.25) is 0 Å². The van der Waals surface area contributed by atoms with Crippen molar-refractivity contribution in [2.75, 3.05) is 6.73 Å². The van der Waals surface area contributed by atoms with E-state index in [0.717, 1.165) is 38.5 Å². The summed E-state index contributed by atoms with van der Waals surface area (Å²) >= 11 is 0. The minimum Gasteiger partial charge on any atom is -0.393 e. The Morgan fingerprint density at radius 2 is 0.620 bits per heavy atom. The van der Waals surface area contributed by atoms with Gasteiger partial charge in [-0.1, -0.05) is 241 Å². The lowest BCUT2D eigenvalue weighted by Gasteiger charge is -2.17. The molecule has 0 aromatic rings. The van der Waals surface area contributed by atoms with Crippen LogP contribution < -0.4 is 0 Å². The largest absolute Gasteiger partial charge is 0.393 e. The summed E-state index contributed by atoms with van der Waals surface area (Å²) < 4.78 is 0. The molecule has 0 amide bonds. The van der Waals surface area contributed by atoms with Gasteiger partial charge in [0, 0.05) is 0 Å². The van der Waals surface area contributed by atoms with Crippen molar-refractivity contribution < 1.29 is 25.3 Å². The molecule has 0 aliphatic heterocycles. The van der Waals surface area contributed by atoms with Gasteiger partial charge in [0.1, 0.15) is 0 Å². The number of unbranched alkanes of at least 4 members (excludes halogenated alkanes) is 26. The van der Waals surface area contributed by atoms with E-state index >= 15 is 0 Å². The maximum absolute atomic E-state index is 9.96. The molecule has 0 fully saturated rings. The van der Waals surface area contributed by atoms with Crippen LogP contribution in [0.1, 0.15) is 266 Å². The monoisotopic (exact) mass is 718 g/mol. The first-order chi connectivity index (χ1) is 24.4. The van der Waals surface area contributed by atoms with E-state index in [9.17, 15) is 5.11 Å². The van der Waals surface area contributed by atoms with Gasteiger partial charge in [-0.15, -0.1) is 0 Å². The summed E-state index contributed by atoms with van der Waals surface area (Å²) in [6, 6.07) is 0. The van der Waals surface area contributed by atoms with E-state index in [-0.39, 0.29) is 24.2 Å². The van der Waals surface area contributed by atoms with Gasteiger partial charge in [0.05, 0.1) is 12.2 Å². The molecule has 0 aliphatic rings. The zero-order chi connectivity index (χ0) is 37.6. The summed E-state index contributed by atoms with van der Waals surface area (Å²) in [6.07, 6.45) is 45.0. The van der Waals surface area contributed by atoms with Gasteiger partial charge in [-0.2, -0.15) is 0 Å². The van der Waals surface area contributed by atoms with E-state index in [0.29, 0.717) is 0 Å². The molecule has 0 rings (SSSR count). The van der Waals surface area contributed by atoms with E-state index < -0.39 is 0 Å². The smallest absolute Gasteiger partial charge is 0.184 e. The molecule has 1 unspecified atom stereocenters. The van der Waals surface area contributed by atoms with Crippen LogP contribution in [0.5, 0.6) is 0 Å². The molecule has 6 heteroatoms. The maximum atomic E-state index is 9.96. The fourth-order valence-corrected chi connectivity index (χ4v) is 6.07. The van der Waals surface area contributed by atoms with Crippen LogP contribution in [0.15, 0.2) is 0 Å². The van der Waals surface area contributed by atoms with Gasteiger partial charge in [-0.25, -0.2) is 9.78 Å². The van der Waals surface area contributed by atoms with Crippen molar-refractivity contribution >= 4 is 0 Å². The molecule has 50 heavy (non-hydrogen) atoms. The molecule has 6 nitrogen and oxygen atoms in total. The molecule has 0 saturated heterocycles. The zero-order valence-electron chi connectivity index (χ0n) is 35.2. The second-order valence-corrected chi connectivity index (χ2v) is 15.0. The zero-order valence-corrected chi connectivity index (χ0v) is 35.2. The summed E-state index contributed by atoms with van der Waals surface area (Å²) in [4.78, 5) is 10.3. The molecular formula is C44H95NO5. The van der Waals surface area contributed by atoms with E-state index in [4.69, 9.17) is 20.2 Å². The Morgan fingerprint density at radius 3 is 0.880 bits per heavy atom. The predicted octanol–water partition coefficient (Wildman–Crippen LogP) is 15.4. The van der Waals surface area contributed by atoms with Crippen LogP contribution in [0.2, 0.25) is 0 Å². The topological polar surface area (TPSA) is 82.4 Å². The normalized spacial score (nSPS) is 11.8. The van der Waals surface area contributed by atoms with Gasteiger partial charge in [0.15, 0.2) is 6.73 Å².